The number of carbonyl (C=O) groups excluding carboxylic acids is 2. The predicted molar refractivity (Wildman–Crippen MR) is 92.2 cm³/mol. The van der Waals surface area contributed by atoms with Gasteiger partial charge in [0.25, 0.3) is 0 Å². The highest BCUT2D eigenvalue weighted by Crippen LogP contribution is 2.10. The number of methoxy groups -OCH3 is 1. The summed E-state index contributed by atoms with van der Waals surface area (Å²) in [6, 6.07) is 7.97. The van der Waals surface area contributed by atoms with Crippen molar-refractivity contribution in [2.75, 3.05) is 13.7 Å². The van der Waals surface area contributed by atoms with Crippen molar-refractivity contribution in [1.29, 1.82) is 0 Å². The molecule has 1 aliphatic rings. The van der Waals surface area contributed by atoms with E-state index in [1.165, 1.54) is 14.0 Å². The first-order valence-electron chi connectivity index (χ1n) is 8.19. The summed E-state index contributed by atoms with van der Waals surface area (Å²) in [5.74, 6) is -0.106. The zero-order valence-electron chi connectivity index (χ0n) is 14.7. The molecule has 1 unspecified atom stereocenters. The molecule has 1 aromatic carbocycles. The number of aliphatic hydroxyl groups is 1. The summed E-state index contributed by atoms with van der Waals surface area (Å²) in [5.41, 5.74) is 0.813. The van der Waals surface area contributed by atoms with E-state index in [-0.39, 0.29) is 19.3 Å². The molecule has 2 amide bonds. The number of benzene rings is 1. The van der Waals surface area contributed by atoms with Crippen LogP contribution in [0.15, 0.2) is 35.5 Å². The van der Waals surface area contributed by atoms with Crippen molar-refractivity contribution in [3.05, 3.63) is 35.9 Å². The van der Waals surface area contributed by atoms with Crippen LogP contribution in [0.5, 0.6) is 0 Å². The highest BCUT2D eigenvalue weighted by atomic mass is 16.7. The van der Waals surface area contributed by atoms with Gasteiger partial charge in [0.05, 0.1) is 26.2 Å². The smallest absolute Gasteiger partial charge is 0.408 e. The third kappa shape index (κ3) is 5.92. The number of carbonyl (C=O) groups is 2. The molecule has 142 valence electrons. The Balaban J connectivity index is 1.77. The largest absolute Gasteiger partial charge is 0.482 e. The van der Waals surface area contributed by atoms with Gasteiger partial charge in [-0.2, -0.15) is 0 Å². The lowest BCUT2D eigenvalue weighted by molar-refractivity contribution is -0.126. The Kier molecular flexibility index (Phi) is 7.22. The van der Waals surface area contributed by atoms with Crippen molar-refractivity contribution in [2.45, 2.75) is 38.2 Å². The molecule has 9 nitrogen and oxygen atoms in total. The van der Waals surface area contributed by atoms with Crippen molar-refractivity contribution in [1.82, 2.24) is 10.6 Å². The molecule has 26 heavy (non-hydrogen) atoms. The first-order valence-corrected chi connectivity index (χ1v) is 8.19. The summed E-state index contributed by atoms with van der Waals surface area (Å²) in [7, 11) is 1.48. The normalized spacial score (nSPS) is 18.1. The zero-order chi connectivity index (χ0) is 18.9. The van der Waals surface area contributed by atoms with Gasteiger partial charge in [-0.1, -0.05) is 35.5 Å². The van der Waals surface area contributed by atoms with Crippen molar-refractivity contribution in [3.63, 3.8) is 0 Å². The van der Waals surface area contributed by atoms with E-state index in [2.05, 4.69) is 15.8 Å². The summed E-state index contributed by atoms with van der Waals surface area (Å²) in [6.45, 7) is 1.63. The second-order valence-corrected chi connectivity index (χ2v) is 5.79. The van der Waals surface area contributed by atoms with Crippen molar-refractivity contribution in [3.8, 4) is 0 Å². The lowest BCUT2D eigenvalue weighted by atomic mass is 10.1. The summed E-state index contributed by atoms with van der Waals surface area (Å²) >= 11 is 0. The van der Waals surface area contributed by atoms with E-state index in [0.717, 1.165) is 5.56 Å². The van der Waals surface area contributed by atoms with Crippen LogP contribution in [0.2, 0.25) is 0 Å². The van der Waals surface area contributed by atoms with E-state index in [9.17, 15) is 14.7 Å². The molecule has 1 aromatic rings. The number of hydrogen-bond acceptors (Lipinski definition) is 7. The molecule has 1 heterocycles. The van der Waals surface area contributed by atoms with Crippen molar-refractivity contribution < 1.29 is 29.0 Å². The van der Waals surface area contributed by atoms with E-state index in [0.29, 0.717) is 12.3 Å². The maximum absolute atomic E-state index is 12.2. The number of nitrogens with zero attached hydrogens (tertiary/aromatic N) is 1. The van der Waals surface area contributed by atoms with Gasteiger partial charge < -0.3 is 30.1 Å². The molecule has 3 atom stereocenters. The number of nitrogens with one attached hydrogen (secondary N) is 2. The van der Waals surface area contributed by atoms with Crippen LogP contribution in [-0.2, 0) is 25.7 Å². The molecule has 3 N–H and O–H groups in total. The number of aliphatic hydroxyl groups excluding tert-OH is 1. The molecule has 9 heteroatoms. The van der Waals surface area contributed by atoms with Crippen LogP contribution < -0.4 is 10.6 Å². The summed E-state index contributed by atoms with van der Waals surface area (Å²) in [6.07, 6.45) is -1.82. The Labute approximate surface area is 151 Å². The second kappa shape index (κ2) is 9.62. The molecule has 0 bridgehead atoms. The fourth-order valence-electron chi connectivity index (χ4n) is 2.25. The Hall–Kier alpha value is -2.81. The fourth-order valence-corrected chi connectivity index (χ4v) is 2.25. The van der Waals surface area contributed by atoms with Crippen LogP contribution in [0.25, 0.3) is 0 Å². The molecule has 1 aliphatic heterocycles. The molecule has 0 aromatic heterocycles. The highest BCUT2D eigenvalue weighted by Gasteiger charge is 2.28. The molecule has 0 radical (unpaired) electrons. The lowest BCUT2D eigenvalue weighted by Crippen LogP contribution is -2.53. The first kappa shape index (κ1) is 19.5. The summed E-state index contributed by atoms with van der Waals surface area (Å²) in [4.78, 5) is 29.2. The Bertz CT molecular complexity index is 635. The van der Waals surface area contributed by atoms with Gasteiger partial charge in [-0.25, -0.2) is 4.79 Å². The van der Waals surface area contributed by atoms with Gasteiger partial charge in [-0.15, -0.1) is 0 Å². The van der Waals surface area contributed by atoms with Crippen LogP contribution in [0.4, 0.5) is 4.79 Å². The lowest BCUT2D eigenvalue weighted by Gasteiger charge is -2.21. The van der Waals surface area contributed by atoms with Crippen LogP contribution in [0, 0.1) is 0 Å². The quantitative estimate of drug-likeness (QED) is 0.648. The van der Waals surface area contributed by atoms with E-state index in [1.54, 1.807) is 0 Å². The van der Waals surface area contributed by atoms with Gasteiger partial charge in [0.15, 0.2) is 6.10 Å². The van der Waals surface area contributed by atoms with E-state index in [1.807, 2.05) is 30.3 Å². The average molecular weight is 365 g/mol. The highest BCUT2D eigenvalue weighted by molar-refractivity contribution is 5.86. The monoisotopic (exact) mass is 365 g/mol. The van der Waals surface area contributed by atoms with E-state index in [4.69, 9.17) is 14.3 Å². The summed E-state index contributed by atoms with van der Waals surface area (Å²) in [5, 5.41) is 18.5. The zero-order valence-corrected chi connectivity index (χ0v) is 14.7. The number of hydrogen-bond donors (Lipinski definition) is 3. The number of alkyl carbamates (subject to hydrolysis) is 1. The first-order chi connectivity index (χ1) is 12.5. The van der Waals surface area contributed by atoms with E-state index >= 15 is 0 Å². The Morgan fingerprint density at radius 3 is 2.73 bits per heavy atom. The minimum atomic E-state index is -1.15. The maximum atomic E-state index is 12.2. The van der Waals surface area contributed by atoms with Crippen molar-refractivity contribution in [2.24, 2.45) is 5.16 Å². The Morgan fingerprint density at radius 2 is 2.12 bits per heavy atom. The maximum Gasteiger partial charge on any atom is 0.408 e. The van der Waals surface area contributed by atoms with Gasteiger partial charge in [0.2, 0.25) is 11.8 Å². The molecular weight excluding hydrogens is 342 g/mol. The van der Waals surface area contributed by atoms with Crippen LogP contribution in [0.1, 0.15) is 18.9 Å². The van der Waals surface area contributed by atoms with Crippen molar-refractivity contribution >= 4 is 17.9 Å². The molecule has 0 fully saturated rings. The minimum absolute atomic E-state index is 0.0634. The number of rotatable bonds is 7. The molecule has 0 saturated heterocycles. The standard InChI is InChI=1S/C17H23N3O6/c1-11(21)15(16(22)18-9-13-8-14(24-2)20-26-13)19-17(23)25-10-12-6-4-3-5-7-12/h3-7,11,13,15,21H,8-10H2,1-2H3,(H,18,22)(H,19,23)/t11-,13?,15+/m1/s1. The molecule has 0 aliphatic carbocycles. The SMILES string of the molecule is COC1=NOC(CNC(=O)[C@@H](NC(=O)OCc2ccccc2)[C@@H](C)O)C1. The number of amides is 2. The Morgan fingerprint density at radius 1 is 1.38 bits per heavy atom. The van der Waals surface area contributed by atoms with Gasteiger partial charge in [-0.3, -0.25) is 4.79 Å². The third-order valence-corrected chi connectivity index (χ3v) is 3.70. The molecule has 0 spiro atoms. The van der Waals surface area contributed by atoms with Crippen LogP contribution in [-0.4, -0.2) is 54.9 Å². The van der Waals surface area contributed by atoms with Crippen LogP contribution >= 0.6 is 0 Å². The minimum Gasteiger partial charge on any atom is -0.482 e. The van der Waals surface area contributed by atoms with Gasteiger partial charge in [-0.05, 0) is 12.5 Å². The molecular formula is C17H23N3O6. The predicted octanol–water partition coefficient (Wildman–Crippen LogP) is 0.527. The number of oxime groups is 1. The van der Waals surface area contributed by atoms with Gasteiger partial charge in [0, 0.05) is 0 Å². The second-order valence-electron chi connectivity index (χ2n) is 5.79. The van der Waals surface area contributed by atoms with Gasteiger partial charge in [0.1, 0.15) is 12.6 Å². The molecule has 2 rings (SSSR count). The number of ether oxygens (including phenoxy) is 2. The summed E-state index contributed by atoms with van der Waals surface area (Å²) < 4.78 is 10.0. The fraction of sp³-hybridized carbons (Fsp3) is 0.471. The van der Waals surface area contributed by atoms with Crippen LogP contribution in [0.3, 0.4) is 0 Å². The van der Waals surface area contributed by atoms with E-state index < -0.39 is 24.1 Å². The average Bonchev–Trinajstić information content (AvgIpc) is 3.11. The molecule has 0 saturated carbocycles. The topological polar surface area (TPSA) is 118 Å². The van der Waals surface area contributed by atoms with Gasteiger partial charge >= 0.3 is 6.09 Å². The third-order valence-electron chi connectivity index (χ3n) is 3.70.